The number of aromatic nitrogens is 1. The second kappa shape index (κ2) is 6.22. The van der Waals surface area contributed by atoms with Crippen LogP contribution >= 0.6 is 23.1 Å². The first-order valence-electron chi connectivity index (χ1n) is 6.42. The predicted molar refractivity (Wildman–Crippen MR) is 89.8 cm³/mol. The van der Waals surface area contributed by atoms with Crippen LogP contribution < -0.4 is 16.4 Å². The van der Waals surface area contributed by atoms with Crippen LogP contribution in [0.1, 0.15) is 44.3 Å². The van der Waals surface area contributed by atoms with Crippen LogP contribution in [0, 0.1) is 0 Å². The monoisotopic (exact) mass is 316 g/mol. The Morgan fingerprint density at radius 2 is 1.95 bits per heavy atom. The molecule has 1 rings (SSSR count). The molecule has 1 aromatic heterocycles. The number of nitrogens with zero attached hydrogens (tertiary/aromatic N) is 1. The molecule has 0 saturated carbocycles. The van der Waals surface area contributed by atoms with E-state index in [0.717, 1.165) is 0 Å². The average Bonchev–Trinajstić information content (AvgIpc) is 2.65. The molecule has 1 aromatic rings. The lowest BCUT2D eigenvalue weighted by molar-refractivity contribution is 0.0955. The predicted octanol–water partition coefficient (Wildman–Crippen LogP) is 2.81. The number of nitrogens with two attached hydrogens (primary N) is 1. The quantitative estimate of drug-likeness (QED) is 0.778. The summed E-state index contributed by atoms with van der Waals surface area (Å²) < 4.78 is 0.00159. The van der Waals surface area contributed by atoms with Gasteiger partial charge in [-0.2, -0.15) is 11.8 Å². The summed E-state index contributed by atoms with van der Waals surface area (Å²) in [5.74, 6) is 0.116. The van der Waals surface area contributed by atoms with Crippen molar-refractivity contribution in [3.63, 3.8) is 0 Å². The number of anilines is 2. The molecule has 0 fully saturated rings. The first-order chi connectivity index (χ1) is 9.04. The Morgan fingerprint density at radius 3 is 2.45 bits per heavy atom. The number of hydrogen-bond acceptors (Lipinski definition) is 6. The molecule has 1 amide bonds. The minimum Gasteiger partial charge on any atom is -0.382 e. The summed E-state index contributed by atoms with van der Waals surface area (Å²) in [6, 6.07) is 0. The van der Waals surface area contributed by atoms with E-state index in [-0.39, 0.29) is 22.0 Å². The van der Waals surface area contributed by atoms with E-state index in [1.54, 1.807) is 11.8 Å². The highest BCUT2D eigenvalue weighted by Crippen LogP contribution is 2.27. The lowest BCUT2D eigenvalue weighted by atomic mass is 10.1. The number of thiazole rings is 1. The molecule has 0 aliphatic rings. The molecule has 0 radical (unpaired) electrons. The van der Waals surface area contributed by atoms with Gasteiger partial charge in [-0.25, -0.2) is 4.98 Å². The summed E-state index contributed by atoms with van der Waals surface area (Å²) in [6.07, 6.45) is 2.03. The summed E-state index contributed by atoms with van der Waals surface area (Å²) in [5, 5.41) is 6.80. The van der Waals surface area contributed by atoms with Crippen molar-refractivity contribution in [3.8, 4) is 0 Å². The fourth-order valence-electron chi connectivity index (χ4n) is 1.31. The van der Waals surface area contributed by atoms with Gasteiger partial charge in [0.05, 0.1) is 0 Å². The van der Waals surface area contributed by atoms with Crippen LogP contribution in [0.25, 0.3) is 0 Å². The maximum absolute atomic E-state index is 12.1. The standard InChI is InChI=1S/C13H24N4OS2/c1-12(2,3)17-11-16-9(14)8(20-11)10(18)15-7-13(4,5)19-6/h7,14H2,1-6H3,(H,15,18)(H,16,17). The second-order valence-corrected chi connectivity index (χ2v) is 8.77. The van der Waals surface area contributed by atoms with Crippen molar-refractivity contribution in [3.05, 3.63) is 4.88 Å². The fourth-order valence-corrected chi connectivity index (χ4v) is 2.54. The third-order valence-corrected chi connectivity index (χ3v) is 4.80. The number of hydrogen-bond donors (Lipinski definition) is 3. The molecule has 0 aliphatic heterocycles. The second-order valence-electron chi connectivity index (χ2n) is 6.25. The van der Waals surface area contributed by atoms with Crippen molar-refractivity contribution in [1.82, 2.24) is 10.3 Å². The van der Waals surface area contributed by atoms with Gasteiger partial charge in [-0.15, -0.1) is 0 Å². The number of carbonyl (C=O) groups excluding carboxylic acids is 1. The van der Waals surface area contributed by atoms with E-state index in [0.29, 0.717) is 16.6 Å². The van der Waals surface area contributed by atoms with E-state index < -0.39 is 0 Å². The van der Waals surface area contributed by atoms with Crippen LogP contribution in [0.3, 0.4) is 0 Å². The van der Waals surface area contributed by atoms with E-state index in [1.807, 2.05) is 27.0 Å². The molecule has 4 N–H and O–H groups in total. The number of amides is 1. The van der Waals surface area contributed by atoms with Crippen molar-refractivity contribution >= 4 is 40.0 Å². The zero-order chi connectivity index (χ0) is 15.6. The van der Waals surface area contributed by atoms with E-state index in [2.05, 4.69) is 29.5 Å². The van der Waals surface area contributed by atoms with Gasteiger partial charge in [-0.05, 0) is 40.9 Å². The number of nitrogen functional groups attached to an aromatic ring is 1. The van der Waals surface area contributed by atoms with E-state index in [4.69, 9.17) is 5.73 Å². The van der Waals surface area contributed by atoms with Gasteiger partial charge >= 0.3 is 0 Å². The number of thioether (sulfide) groups is 1. The lowest BCUT2D eigenvalue weighted by Gasteiger charge is -2.21. The van der Waals surface area contributed by atoms with E-state index in [9.17, 15) is 4.79 Å². The molecular weight excluding hydrogens is 292 g/mol. The number of carbonyl (C=O) groups is 1. The molecule has 0 spiro atoms. The minimum atomic E-state index is -0.163. The zero-order valence-electron chi connectivity index (χ0n) is 13.0. The largest absolute Gasteiger partial charge is 0.382 e. The first kappa shape index (κ1) is 17.1. The summed E-state index contributed by atoms with van der Waals surface area (Å²) in [4.78, 5) is 16.8. The summed E-state index contributed by atoms with van der Waals surface area (Å²) in [5.41, 5.74) is 5.71. The van der Waals surface area contributed by atoms with Crippen molar-refractivity contribution in [2.24, 2.45) is 0 Å². The van der Waals surface area contributed by atoms with Gasteiger partial charge < -0.3 is 16.4 Å². The molecule has 1 heterocycles. The van der Waals surface area contributed by atoms with Gasteiger partial charge in [0.25, 0.3) is 5.91 Å². The number of rotatable bonds is 5. The molecule has 5 nitrogen and oxygen atoms in total. The van der Waals surface area contributed by atoms with Crippen molar-refractivity contribution < 1.29 is 4.79 Å². The molecule has 0 bridgehead atoms. The molecule has 20 heavy (non-hydrogen) atoms. The van der Waals surface area contributed by atoms with Crippen LogP contribution in [-0.4, -0.2) is 34.0 Å². The Hall–Kier alpha value is -0.950. The zero-order valence-corrected chi connectivity index (χ0v) is 14.6. The third-order valence-electron chi connectivity index (χ3n) is 2.57. The number of nitrogens with one attached hydrogen (secondary N) is 2. The van der Waals surface area contributed by atoms with Gasteiger partial charge in [0.2, 0.25) is 0 Å². The maximum atomic E-state index is 12.1. The van der Waals surface area contributed by atoms with Crippen LogP contribution in [0.4, 0.5) is 10.9 Å². The maximum Gasteiger partial charge on any atom is 0.265 e. The molecule has 0 aliphatic carbocycles. The van der Waals surface area contributed by atoms with Gasteiger partial charge in [0, 0.05) is 16.8 Å². The summed E-state index contributed by atoms with van der Waals surface area (Å²) in [7, 11) is 0. The van der Waals surface area contributed by atoms with Crippen LogP contribution in [-0.2, 0) is 0 Å². The SMILES string of the molecule is CSC(C)(C)CNC(=O)c1sc(NC(C)(C)C)nc1N. The van der Waals surface area contributed by atoms with E-state index in [1.165, 1.54) is 11.3 Å². The Balaban J connectivity index is 2.74. The van der Waals surface area contributed by atoms with Gasteiger partial charge in [0.1, 0.15) is 10.7 Å². The lowest BCUT2D eigenvalue weighted by Crippen LogP contribution is -2.36. The molecule has 7 heteroatoms. The van der Waals surface area contributed by atoms with Crippen LogP contribution in [0.15, 0.2) is 0 Å². The molecule has 0 aromatic carbocycles. The topological polar surface area (TPSA) is 80.0 Å². The molecule has 0 unspecified atom stereocenters. The fraction of sp³-hybridized carbons (Fsp3) is 0.692. The molecular formula is C13H24N4OS2. The average molecular weight is 316 g/mol. The highest BCUT2D eigenvalue weighted by molar-refractivity contribution is 7.99. The Bertz CT molecular complexity index is 477. The van der Waals surface area contributed by atoms with E-state index >= 15 is 0 Å². The Morgan fingerprint density at radius 1 is 1.35 bits per heavy atom. The van der Waals surface area contributed by atoms with Crippen molar-refractivity contribution in [2.75, 3.05) is 23.9 Å². The van der Waals surface area contributed by atoms with Crippen molar-refractivity contribution in [2.45, 2.75) is 44.9 Å². The molecule has 0 saturated heterocycles. The highest BCUT2D eigenvalue weighted by Gasteiger charge is 2.22. The van der Waals surface area contributed by atoms with Gasteiger partial charge in [-0.3, -0.25) is 4.79 Å². The minimum absolute atomic E-state index is 0.00159. The van der Waals surface area contributed by atoms with Crippen LogP contribution in [0.2, 0.25) is 0 Å². The summed E-state index contributed by atoms with van der Waals surface area (Å²) in [6.45, 7) is 10.9. The highest BCUT2D eigenvalue weighted by atomic mass is 32.2. The smallest absolute Gasteiger partial charge is 0.265 e. The Kier molecular flexibility index (Phi) is 5.32. The molecule has 0 atom stereocenters. The third kappa shape index (κ3) is 5.20. The Labute approximate surface area is 129 Å². The normalized spacial score (nSPS) is 12.3. The van der Waals surface area contributed by atoms with Crippen LogP contribution in [0.5, 0.6) is 0 Å². The van der Waals surface area contributed by atoms with Crippen molar-refractivity contribution in [1.29, 1.82) is 0 Å². The summed E-state index contributed by atoms with van der Waals surface area (Å²) >= 11 is 3.00. The van der Waals surface area contributed by atoms with Gasteiger partial charge in [0.15, 0.2) is 5.13 Å². The molecule has 114 valence electrons. The first-order valence-corrected chi connectivity index (χ1v) is 8.46. The van der Waals surface area contributed by atoms with Gasteiger partial charge in [-0.1, -0.05) is 11.3 Å².